The molecule has 1 aromatic carbocycles. The van der Waals surface area contributed by atoms with E-state index in [0.29, 0.717) is 17.2 Å². The first-order valence-electron chi connectivity index (χ1n) is 6.91. The summed E-state index contributed by atoms with van der Waals surface area (Å²) in [5.74, 6) is 1.10. The number of anilines is 1. The van der Waals surface area contributed by atoms with Gasteiger partial charge < -0.3 is 9.73 Å². The number of oxazole rings is 1. The molecule has 0 bridgehead atoms. The first-order valence-corrected chi connectivity index (χ1v) is 6.91. The predicted octanol–water partition coefficient (Wildman–Crippen LogP) is 3.35. The Hall–Kier alpha value is -2.69. The van der Waals surface area contributed by atoms with Crippen LogP contribution < -0.4 is 5.32 Å². The van der Waals surface area contributed by atoms with Crippen molar-refractivity contribution in [1.29, 1.82) is 0 Å². The molecule has 0 radical (unpaired) electrons. The summed E-state index contributed by atoms with van der Waals surface area (Å²) in [6.07, 6.45) is 5.47. The zero-order chi connectivity index (χ0) is 14.2. The average molecular weight is 279 g/mol. The predicted molar refractivity (Wildman–Crippen MR) is 78.2 cm³/mol. The quantitative estimate of drug-likeness (QED) is 0.798. The van der Waals surface area contributed by atoms with E-state index in [1.54, 1.807) is 18.3 Å². The molecule has 0 saturated heterocycles. The minimum atomic E-state index is -0.187. The van der Waals surface area contributed by atoms with E-state index in [4.69, 9.17) is 4.42 Å². The highest BCUT2D eigenvalue weighted by Crippen LogP contribution is 2.40. The normalized spacial score (nSPS) is 14.3. The van der Waals surface area contributed by atoms with Crippen molar-refractivity contribution in [2.75, 3.05) is 5.32 Å². The van der Waals surface area contributed by atoms with E-state index in [1.807, 2.05) is 18.2 Å². The largest absolute Gasteiger partial charge is 0.440 e. The van der Waals surface area contributed by atoms with Crippen LogP contribution in [0.3, 0.4) is 0 Å². The molecule has 21 heavy (non-hydrogen) atoms. The molecule has 1 aliphatic carbocycles. The van der Waals surface area contributed by atoms with Gasteiger partial charge in [-0.3, -0.25) is 9.78 Å². The number of aromatic nitrogens is 2. The van der Waals surface area contributed by atoms with Gasteiger partial charge in [0.1, 0.15) is 5.52 Å². The number of rotatable bonds is 3. The molecule has 2 heterocycles. The van der Waals surface area contributed by atoms with Crippen LogP contribution in [0, 0.1) is 0 Å². The Kier molecular flexibility index (Phi) is 2.70. The monoisotopic (exact) mass is 279 g/mol. The average Bonchev–Trinajstić information content (AvgIpc) is 3.28. The number of fused-ring (bicyclic) bond motifs is 1. The summed E-state index contributed by atoms with van der Waals surface area (Å²) in [7, 11) is 0. The number of amides is 1. The highest BCUT2D eigenvalue weighted by Gasteiger charge is 2.28. The molecule has 5 nitrogen and oxygen atoms in total. The molecule has 0 aliphatic heterocycles. The van der Waals surface area contributed by atoms with E-state index in [9.17, 15) is 4.79 Å². The Morgan fingerprint density at radius 2 is 2.19 bits per heavy atom. The lowest BCUT2D eigenvalue weighted by Gasteiger charge is -2.04. The molecule has 1 saturated carbocycles. The Balaban J connectivity index is 1.60. The van der Waals surface area contributed by atoms with Crippen LogP contribution in [-0.4, -0.2) is 15.9 Å². The van der Waals surface area contributed by atoms with Gasteiger partial charge in [-0.15, -0.1) is 0 Å². The zero-order valence-electron chi connectivity index (χ0n) is 11.2. The van der Waals surface area contributed by atoms with E-state index in [0.717, 1.165) is 29.8 Å². The molecule has 1 amide bonds. The number of carbonyl (C=O) groups excluding carboxylic acids is 1. The smallest absolute Gasteiger partial charge is 0.257 e. The molecule has 3 aromatic rings. The SMILES string of the molecule is O=C(Nc1ccc2oc(C3CC3)nc2c1)c1cccnc1. The summed E-state index contributed by atoms with van der Waals surface area (Å²) < 4.78 is 5.70. The van der Waals surface area contributed by atoms with Crippen LogP contribution in [0.2, 0.25) is 0 Å². The fourth-order valence-corrected chi connectivity index (χ4v) is 2.23. The minimum Gasteiger partial charge on any atom is -0.440 e. The standard InChI is InChI=1S/C16H13N3O2/c20-15(11-2-1-7-17-9-11)18-12-5-6-14-13(8-12)19-16(21-14)10-3-4-10/h1-2,5-10H,3-4H2,(H,18,20). The van der Waals surface area contributed by atoms with Crippen LogP contribution in [0.4, 0.5) is 5.69 Å². The van der Waals surface area contributed by atoms with Crippen molar-refractivity contribution >= 4 is 22.7 Å². The number of nitrogens with zero attached hydrogens (tertiary/aromatic N) is 2. The van der Waals surface area contributed by atoms with Gasteiger partial charge in [0.25, 0.3) is 5.91 Å². The van der Waals surface area contributed by atoms with Crippen molar-refractivity contribution in [2.45, 2.75) is 18.8 Å². The highest BCUT2D eigenvalue weighted by molar-refractivity contribution is 6.04. The molecular weight excluding hydrogens is 266 g/mol. The van der Waals surface area contributed by atoms with Crippen molar-refractivity contribution in [2.24, 2.45) is 0 Å². The van der Waals surface area contributed by atoms with Crippen molar-refractivity contribution < 1.29 is 9.21 Å². The van der Waals surface area contributed by atoms with E-state index in [-0.39, 0.29) is 5.91 Å². The van der Waals surface area contributed by atoms with Crippen LogP contribution in [0.15, 0.2) is 47.1 Å². The summed E-state index contributed by atoms with van der Waals surface area (Å²) in [4.78, 5) is 20.5. The Bertz CT molecular complexity index is 807. The van der Waals surface area contributed by atoms with Crippen LogP contribution in [-0.2, 0) is 0 Å². The van der Waals surface area contributed by atoms with Crippen LogP contribution >= 0.6 is 0 Å². The molecule has 0 atom stereocenters. The number of nitrogens with one attached hydrogen (secondary N) is 1. The second-order valence-electron chi connectivity index (χ2n) is 5.20. The molecular formula is C16H13N3O2. The minimum absolute atomic E-state index is 0.187. The lowest BCUT2D eigenvalue weighted by atomic mass is 10.2. The lowest BCUT2D eigenvalue weighted by molar-refractivity contribution is 0.102. The summed E-state index contributed by atoms with van der Waals surface area (Å²) in [5, 5.41) is 2.84. The van der Waals surface area contributed by atoms with Gasteiger partial charge in [-0.1, -0.05) is 0 Å². The Labute approximate surface area is 121 Å². The van der Waals surface area contributed by atoms with Crippen LogP contribution in [0.25, 0.3) is 11.1 Å². The van der Waals surface area contributed by atoms with Gasteiger partial charge in [0.05, 0.1) is 5.56 Å². The summed E-state index contributed by atoms with van der Waals surface area (Å²) in [5.41, 5.74) is 2.76. The Morgan fingerprint density at radius 3 is 2.95 bits per heavy atom. The van der Waals surface area contributed by atoms with Crippen molar-refractivity contribution in [3.63, 3.8) is 0 Å². The van der Waals surface area contributed by atoms with Crippen molar-refractivity contribution in [3.05, 3.63) is 54.2 Å². The Morgan fingerprint density at radius 1 is 1.29 bits per heavy atom. The third kappa shape index (κ3) is 2.38. The summed E-state index contributed by atoms with van der Waals surface area (Å²) in [6.45, 7) is 0. The maximum absolute atomic E-state index is 12.1. The maximum atomic E-state index is 12.1. The molecule has 1 N–H and O–H groups in total. The molecule has 5 heteroatoms. The zero-order valence-corrected chi connectivity index (χ0v) is 11.2. The number of hydrogen-bond donors (Lipinski definition) is 1. The molecule has 1 fully saturated rings. The maximum Gasteiger partial charge on any atom is 0.257 e. The second-order valence-corrected chi connectivity index (χ2v) is 5.20. The molecule has 1 aliphatic rings. The van der Waals surface area contributed by atoms with E-state index >= 15 is 0 Å². The topological polar surface area (TPSA) is 68.0 Å². The van der Waals surface area contributed by atoms with E-state index in [1.165, 1.54) is 6.20 Å². The highest BCUT2D eigenvalue weighted by atomic mass is 16.3. The van der Waals surface area contributed by atoms with Gasteiger partial charge in [-0.2, -0.15) is 0 Å². The molecule has 4 rings (SSSR count). The van der Waals surface area contributed by atoms with Gasteiger partial charge in [0.15, 0.2) is 11.5 Å². The summed E-state index contributed by atoms with van der Waals surface area (Å²) >= 11 is 0. The molecule has 0 spiro atoms. The van der Waals surface area contributed by atoms with Crippen LogP contribution in [0.5, 0.6) is 0 Å². The van der Waals surface area contributed by atoms with Crippen LogP contribution in [0.1, 0.15) is 35.0 Å². The lowest BCUT2D eigenvalue weighted by Crippen LogP contribution is -2.11. The first-order chi connectivity index (χ1) is 10.3. The van der Waals surface area contributed by atoms with Gasteiger partial charge in [-0.25, -0.2) is 4.98 Å². The summed E-state index contributed by atoms with van der Waals surface area (Å²) in [6, 6.07) is 8.95. The fourth-order valence-electron chi connectivity index (χ4n) is 2.23. The van der Waals surface area contributed by atoms with E-state index < -0.39 is 0 Å². The molecule has 2 aromatic heterocycles. The number of pyridine rings is 1. The molecule has 104 valence electrons. The van der Waals surface area contributed by atoms with Crippen molar-refractivity contribution in [3.8, 4) is 0 Å². The van der Waals surface area contributed by atoms with Gasteiger partial charge in [0, 0.05) is 24.0 Å². The number of benzene rings is 1. The number of carbonyl (C=O) groups is 1. The van der Waals surface area contributed by atoms with Crippen molar-refractivity contribution in [1.82, 2.24) is 9.97 Å². The second kappa shape index (κ2) is 4.70. The molecule has 0 unspecified atom stereocenters. The fraction of sp³-hybridized carbons (Fsp3) is 0.188. The van der Waals surface area contributed by atoms with Gasteiger partial charge in [-0.05, 0) is 43.2 Å². The van der Waals surface area contributed by atoms with Gasteiger partial charge in [0.2, 0.25) is 0 Å². The van der Waals surface area contributed by atoms with E-state index in [2.05, 4.69) is 15.3 Å². The third-order valence-electron chi connectivity index (χ3n) is 3.51. The first kappa shape index (κ1) is 12.1. The van der Waals surface area contributed by atoms with Gasteiger partial charge >= 0.3 is 0 Å². The third-order valence-corrected chi connectivity index (χ3v) is 3.51. The number of hydrogen-bond acceptors (Lipinski definition) is 4.